The number of hydrogen-bond donors (Lipinski definition) is 2. The number of anilines is 3. The Morgan fingerprint density at radius 1 is 1.00 bits per heavy atom. The first kappa shape index (κ1) is 21.4. The van der Waals surface area contributed by atoms with E-state index >= 15 is 0 Å². The monoisotopic (exact) mass is 441 g/mol. The second-order valence-electron chi connectivity index (χ2n) is 7.06. The lowest BCUT2D eigenvalue weighted by molar-refractivity contribution is -0.156. The topological polar surface area (TPSA) is 132 Å². The SMILES string of the molecule is NC(=O)C(=O)OC1CN(c2cccc(C#Cc3cccnc3N)c2)C(=O)N1c1ccccc1. The van der Waals surface area contributed by atoms with Crippen LogP contribution in [0.15, 0.2) is 72.9 Å². The van der Waals surface area contributed by atoms with Crippen LogP contribution in [0.25, 0.3) is 0 Å². The molecule has 9 nitrogen and oxygen atoms in total. The first-order valence-corrected chi connectivity index (χ1v) is 9.93. The third-order valence-electron chi connectivity index (χ3n) is 4.88. The Labute approximate surface area is 189 Å². The Morgan fingerprint density at radius 2 is 1.76 bits per heavy atom. The fraction of sp³-hybridized carbons (Fsp3) is 0.0833. The molecule has 1 saturated heterocycles. The first-order chi connectivity index (χ1) is 15.9. The van der Waals surface area contributed by atoms with Crippen molar-refractivity contribution in [1.29, 1.82) is 0 Å². The van der Waals surface area contributed by atoms with Gasteiger partial charge in [0.1, 0.15) is 5.82 Å². The van der Waals surface area contributed by atoms with Crippen molar-refractivity contribution in [2.45, 2.75) is 6.23 Å². The summed E-state index contributed by atoms with van der Waals surface area (Å²) < 4.78 is 5.21. The zero-order valence-electron chi connectivity index (χ0n) is 17.3. The molecule has 1 aromatic heterocycles. The molecule has 0 spiro atoms. The predicted molar refractivity (Wildman–Crippen MR) is 122 cm³/mol. The fourth-order valence-corrected chi connectivity index (χ4v) is 3.34. The number of carbonyl (C=O) groups is 3. The highest BCUT2D eigenvalue weighted by molar-refractivity contribution is 6.32. The van der Waals surface area contributed by atoms with Crippen molar-refractivity contribution in [2.75, 3.05) is 22.1 Å². The number of ether oxygens (including phenoxy) is 1. The standard InChI is InChI=1S/C24H19N5O4/c25-21-17(7-5-13-27-21)12-11-16-6-4-10-19(14-16)28-15-20(33-23(31)22(26)30)29(24(28)32)18-8-2-1-3-9-18/h1-10,13-14,20H,15H2,(H2,25,27)(H2,26,30). The number of benzene rings is 2. The zero-order chi connectivity index (χ0) is 23.4. The van der Waals surface area contributed by atoms with Gasteiger partial charge in [-0.2, -0.15) is 0 Å². The van der Waals surface area contributed by atoms with Crippen LogP contribution < -0.4 is 21.3 Å². The molecular weight excluding hydrogens is 422 g/mol. The van der Waals surface area contributed by atoms with Crippen LogP contribution in [0.3, 0.4) is 0 Å². The molecule has 3 amide bonds. The van der Waals surface area contributed by atoms with E-state index in [0.29, 0.717) is 28.3 Å². The van der Waals surface area contributed by atoms with Crippen LogP contribution in [-0.2, 0) is 14.3 Å². The van der Waals surface area contributed by atoms with Gasteiger partial charge in [-0.25, -0.2) is 14.6 Å². The quantitative estimate of drug-likeness (QED) is 0.362. The Balaban J connectivity index is 1.64. The van der Waals surface area contributed by atoms with E-state index in [1.165, 1.54) is 9.80 Å². The molecule has 33 heavy (non-hydrogen) atoms. The number of aromatic nitrogens is 1. The third kappa shape index (κ3) is 4.60. The largest absolute Gasteiger partial charge is 0.432 e. The predicted octanol–water partition coefficient (Wildman–Crippen LogP) is 1.86. The molecule has 3 aromatic rings. The average Bonchev–Trinajstić information content (AvgIpc) is 3.14. The second kappa shape index (κ2) is 9.11. The van der Waals surface area contributed by atoms with E-state index in [4.69, 9.17) is 16.2 Å². The summed E-state index contributed by atoms with van der Waals surface area (Å²) in [4.78, 5) is 43.1. The Kier molecular flexibility index (Phi) is 5.91. The van der Waals surface area contributed by atoms with Crippen LogP contribution in [0, 0.1) is 11.8 Å². The number of urea groups is 1. The smallest absolute Gasteiger partial charge is 0.398 e. The maximum atomic E-state index is 13.3. The Bertz CT molecular complexity index is 1280. The Hall–Kier alpha value is -4.84. The van der Waals surface area contributed by atoms with E-state index < -0.39 is 24.1 Å². The summed E-state index contributed by atoms with van der Waals surface area (Å²) in [6.07, 6.45) is 0.546. The van der Waals surface area contributed by atoms with Crippen molar-refractivity contribution in [2.24, 2.45) is 5.73 Å². The van der Waals surface area contributed by atoms with E-state index in [1.54, 1.807) is 72.9 Å². The lowest BCUT2D eigenvalue weighted by atomic mass is 10.1. The fourth-order valence-electron chi connectivity index (χ4n) is 3.34. The second-order valence-corrected chi connectivity index (χ2v) is 7.06. The minimum absolute atomic E-state index is 0.000811. The molecule has 2 heterocycles. The van der Waals surface area contributed by atoms with Crippen LogP contribution >= 0.6 is 0 Å². The molecule has 0 aliphatic carbocycles. The number of amides is 3. The van der Waals surface area contributed by atoms with E-state index in [-0.39, 0.29) is 6.54 Å². The molecule has 1 atom stereocenters. The highest BCUT2D eigenvalue weighted by Gasteiger charge is 2.42. The maximum absolute atomic E-state index is 13.3. The summed E-state index contributed by atoms with van der Waals surface area (Å²) >= 11 is 0. The number of para-hydroxylation sites is 1. The molecule has 4 N–H and O–H groups in total. The lowest BCUT2D eigenvalue weighted by Crippen LogP contribution is -2.40. The first-order valence-electron chi connectivity index (χ1n) is 9.93. The van der Waals surface area contributed by atoms with Crippen LogP contribution in [0.4, 0.5) is 22.0 Å². The van der Waals surface area contributed by atoms with Gasteiger partial charge < -0.3 is 16.2 Å². The number of nitrogen functional groups attached to an aromatic ring is 1. The van der Waals surface area contributed by atoms with Crippen LogP contribution in [-0.4, -0.2) is 35.7 Å². The van der Waals surface area contributed by atoms with Crippen molar-refractivity contribution >= 4 is 35.1 Å². The summed E-state index contributed by atoms with van der Waals surface area (Å²) in [7, 11) is 0. The van der Waals surface area contributed by atoms with Gasteiger partial charge in [-0.15, -0.1) is 0 Å². The molecule has 9 heteroatoms. The number of carbonyl (C=O) groups excluding carboxylic acids is 3. The number of rotatable bonds is 3. The van der Waals surface area contributed by atoms with Crippen LogP contribution in [0.2, 0.25) is 0 Å². The lowest BCUT2D eigenvalue weighted by Gasteiger charge is -2.22. The van der Waals surface area contributed by atoms with Crippen molar-refractivity contribution in [3.05, 3.63) is 84.1 Å². The zero-order valence-corrected chi connectivity index (χ0v) is 17.3. The summed E-state index contributed by atoms with van der Waals surface area (Å²) in [6, 6.07) is 18.8. The molecule has 2 aromatic carbocycles. The normalized spacial score (nSPS) is 15.0. The van der Waals surface area contributed by atoms with E-state index in [2.05, 4.69) is 16.8 Å². The third-order valence-corrected chi connectivity index (χ3v) is 4.88. The van der Waals surface area contributed by atoms with Gasteiger partial charge in [0.05, 0.1) is 12.1 Å². The number of nitrogens with zero attached hydrogens (tertiary/aromatic N) is 3. The van der Waals surface area contributed by atoms with Crippen LogP contribution in [0.1, 0.15) is 11.1 Å². The number of hydrogen-bond acceptors (Lipinski definition) is 6. The van der Waals surface area contributed by atoms with Gasteiger partial charge in [-0.05, 0) is 42.5 Å². The van der Waals surface area contributed by atoms with Gasteiger partial charge in [0.25, 0.3) is 0 Å². The molecule has 1 aliphatic rings. The summed E-state index contributed by atoms with van der Waals surface area (Å²) in [5.74, 6) is 3.86. The molecule has 1 aliphatic heterocycles. The maximum Gasteiger partial charge on any atom is 0.398 e. The number of pyridine rings is 1. The van der Waals surface area contributed by atoms with Gasteiger partial charge in [0, 0.05) is 23.1 Å². The van der Waals surface area contributed by atoms with E-state index in [0.717, 1.165) is 0 Å². The van der Waals surface area contributed by atoms with Crippen LogP contribution in [0.5, 0.6) is 0 Å². The van der Waals surface area contributed by atoms with Crippen molar-refractivity contribution in [3.8, 4) is 11.8 Å². The van der Waals surface area contributed by atoms with Gasteiger partial charge >= 0.3 is 17.9 Å². The summed E-state index contributed by atoms with van der Waals surface area (Å²) in [5, 5.41) is 0. The van der Waals surface area contributed by atoms with Gasteiger partial charge in [0.2, 0.25) is 6.23 Å². The molecule has 0 radical (unpaired) electrons. The Morgan fingerprint density at radius 3 is 2.48 bits per heavy atom. The molecule has 0 bridgehead atoms. The molecule has 1 unspecified atom stereocenters. The minimum Gasteiger partial charge on any atom is -0.432 e. The van der Waals surface area contributed by atoms with Crippen molar-refractivity contribution in [1.82, 2.24) is 4.98 Å². The number of nitrogens with two attached hydrogens (primary N) is 2. The molecule has 1 fully saturated rings. The summed E-state index contributed by atoms with van der Waals surface area (Å²) in [5.41, 5.74) is 13.2. The molecule has 4 rings (SSSR count). The van der Waals surface area contributed by atoms with Gasteiger partial charge in [-0.1, -0.05) is 36.1 Å². The molecular formula is C24H19N5O4. The van der Waals surface area contributed by atoms with E-state index in [9.17, 15) is 14.4 Å². The minimum atomic E-state index is -1.24. The highest BCUT2D eigenvalue weighted by atomic mass is 16.6. The van der Waals surface area contributed by atoms with Crippen molar-refractivity contribution in [3.63, 3.8) is 0 Å². The van der Waals surface area contributed by atoms with Crippen molar-refractivity contribution < 1.29 is 19.1 Å². The highest BCUT2D eigenvalue weighted by Crippen LogP contribution is 2.30. The number of esters is 1. The van der Waals surface area contributed by atoms with E-state index in [1.807, 2.05) is 0 Å². The number of primary amides is 1. The molecule has 0 saturated carbocycles. The van der Waals surface area contributed by atoms with Gasteiger partial charge in [0.15, 0.2) is 0 Å². The van der Waals surface area contributed by atoms with Gasteiger partial charge in [-0.3, -0.25) is 14.6 Å². The average molecular weight is 441 g/mol. The summed E-state index contributed by atoms with van der Waals surface area (Å²) in [6.45, 7) is -0.000811. The molecule has 164 valence electrons.